The molecule has 1 aromatic rings. The molecule has 3 rings (SSSR count). The number of rotatable bonds is 6. The first-order chi connectivity index (χ1) is 10.3. The van der Waals surface area contributed by atoms with E-state index in [-0.39, 0.29) is 5.91 Å². The van der Waals surface area contributed by atoms with Crippen LogP contribution in [0.3, 0.4) is 0 Å². The molecule has 1 aliphatic heterocycles. The second-order valence-electron chi connectivity index (χ2n) is 5.70. The molecule has 2 aliphatic rings. The maximum atomic E-state index is 12.0. The molecule has 0 spiro atoms. The minimum absolute atomic E-state index is 0.0836. The van der Waals surface area contributed by atoms with E-state index in [0.29, 0.717) is 17.8 Å². The lowest BCUT2D eigenvalue weighted by molar-refractivity contribution is -0.119. The molecule has 1 saturated carbocycles. The molecule has 0 atom stereocenters. The number of carbonyl (C=O) groups is 1. The van der Waals surface area contributed by atoms with E-state index in [9.17, 15) is 4.79 Å². The van der Waals surface area contributed by atoms with Gasteiger partial charge >= 0.3 is 0 Å². The number of piperidine rings is 1. The Bertz CT molecular complexity index is 481. The fraction of sp³-hybridized carbons (Fsp3) is 0.846. The highest BCUT2D eigenvalue weighted by molar-refractivity contribution is 7.99. The molecule has 2 heterocycles. The third-order valence-corrected chi connectivity index (χ3v) is 5.02. The second kappa shape index (κ2) is 6.74. The first-order valence-electron chi connectivity index (χ1n) is 7.68. The first kappa shape index (κ1) is 14.8. The normalized spacial score (nSPS) is 20.6. The summed E-state index contributed by atoms with van der Waals surface area (Å²) in [6, 6.07) is 0.768. The van der Waals surface area contributed by atoms with Crippen molar-refractivity contribution in [2.45, 2.75) is 49.8 Å². The Hall–Kier alpha value is -1.15. The van der Waals surface area contributed by atoms with Gasteiger partial charge in [-0.3, -0.25) is 4.79 Å². The molecular formula is C13H22N6OS. The number of nitrogens with one attached hydrogen (secondary N) is 1. The van der Waals surface area contributed by atoms with Crippen LogP contribution in [0.1, 0.15) is 38.6 Å². The van der Waals surface area contributed by atoms with Crippen LogP contribution in [0.5, 0.6) is 0 Å². The highest BCUT2D eigenvalue weighted by atomic mass is 32.2. The van der Waals surface area contributed by atoms with Crippen LogP contribution >= 0.6 is 11.8 Å². The van der Waals surface area contributed by atoms with Crippen LogP contribution in [0.15, 0.2) is 5.16 Å². The van der Waals surface area contributed by atoms with Crippen molar-refractivity contribution in [2.24, 2.45) is 0 Å². The van der Waals surface area contributed by atoms with E-state index in [0.717, 1.165) is 50.5 Å². The van der Waals surface area contributed by atoms with Crippen molar-refractivity contribution in [2.75, 3.05) is 25.4 Å². The predicted molar refractivity (Wildman–Crippen MR) is 80.1 cm³/mol. The zero-order valence-electron chi connectivity index (χ0n) is 12.4. The molecule has 1 amide bonds. The molecule has 2 fully saturated rings. The summed E-state index contributed by atoms with van der Waals surface area (Å²) in [5, 5.41) is 15.6. The Morgan fingerprint density at radius 2 is 2.10 bits per heavy atom. The number of amides is 1. The van der Waals surface area contributed by atoms with Gasteiger partial charge in [0.15, 0.2) is 0 Å². The Morgan fingerprint density at radius 1 is 1.33 bits per heavy atom. The topological polar surface area (TPSA) is 75.9 Å². The van der Waals surface area contributed by atoms with E-state index in [1.165, 1.54) is 11.8 Å². The van der Waals surface area contributed by atoms with Crippen molar-refractivity contribution in [3.8, 4) is 0 Å². The zero-order chi connectivity index (χ0) is 14.7. The largest absolute Gasteiger partial charge is 0.353 e. The van der Waals surface area contributed by atoms with E-state index >= 15 is 0 Å². The highest BCUT2D eigenvalue weighted by Crippen LogP contribution is 2.36. The summed E-state index contributed by atoms with van der Waals surface area (Å²) in [6.45, 7) is 5.43. The molecule has 8 heteroatoms. The van der Waals surface area contributed by atoms with Gasteiger partial charge in [-0.1, -0.05) is 18.7 Å². The van der Waals surface area contributed by atoms with E-state index < -0.39 is 0 Å². The van der Waals surface area contributed by atoms with Gasteiger partial charge in [-0.2, -0.15) is 0 Å². The minimum Gasteiger partial charge on any atom is -0.353 e. The van der Waals surface area contributed by atoms with Crippen molar-refractivity contribution < 1.29 is 4.79 Å². The number of thioether (sulfide) groups is 1. The molecule has 7 nitrogen and oxygen atoms in total. The fourth-order valence-corrected chi connectivity index (χ4v) is 3.38. The van der Waals surface area contributed by atoms with E-state index in [2.05, 4.69) is 32.7 Å². The van der Waals surface area contributed by atoms with Gasteiger partial charge in [0, 0.05) is 19.1 Å². The van der Waals surface area contributed by atoms with E-state index in [1.807, 2.05) is 4.68 Å². The van der Waals surface area contributed by atoms with Gasteiger partial charge in [0.2, 0.25) is 11.1 Å². The van der Waals surface area contributed by atoms with Crippen molar-refractivity contribution >= 4 is 17.7 Å². The predicted octanol–water partition coefficient (Wildman–Crippen LogP) is 0.701. The Labute approximate surface area is 128 Å². The quantitative estimate of drug-likeness (QED) is 0.780. The monoisotopic (exact) mass is 310 g/mol. The molecule has 0 radical (unpaired) electrons. The van der Waals surface area contributed by atoms with E-state index in [4.69, 9.17) is 0 Å². The molecule has 21 heavy (non-hydrogen) atoms. The summed E-state index contributed by atoms with van der Waals surface area (Å²) < 4.78 is 1.84. The fourth-order valence-electron chi connectivity index (χ4n) is 2.62. The average Bonchev–Trinajstić information content (AvgIpc) is 3.24. The molecule has 116 valence electrons. The molecule has 1 aromatic heterocycles. The van der Waals surface area contributed by atoms with Crippen LogP contribution in [-0.4, -0.2) is 62.4 Å². The summed E-state index contributed by atoms with van der Waals surface area (Å²) in [5.41, 5.74) is 0. The third-order valence-electron chi connectivity index (χ3n) is 4.09. The van der Waals surface area contributed by atoms with Gasteiger partial charge in [0.1, 0.15) is 0 Å². The SMILES string of the molecule is CCN1CCC(NC(=O)CSc2nnnn2C2CC2)CC1. The lowest BCUT2D eigenvalue weighted by Crippen LogP contribution is -2.45. The molecule has 1 N–H and O–H groups in total. The van der Waals surface area contributed by atoms with Gasteiger partial charge < -0.3 is 10.2 Å². The van der Waals surface area contributed by atoms with E-state index in [1.54, 1.807) is 0 Å². The number of carbonyl (C=O) groups excluding carboxylic acids is 1. The van der Waals surface area contributed by atoms with Gasteiger partial charge in [0.25, 0.3) is 0 Å². The molecule has 0 unspecified atom stereocenters. The Morgan fingerprint density at radius 3 is 2.76 bits per heavy atom. The molecule has 0 bridgehead atoms. The third kappa shape index (κ3) is 3.94. The summed E-state index contributed by atoms with van der Waals surface area (Å²) in [5.74, 6) is 0.474. The van der Waals surface area contributed by atoms with Crippen LogP contribution in [0, 0.1) is 0 Å². The maximum Gasteiger partial charge on any atom is 0.230 e. The van der Waals surface area contributed by atoms with Crippen LogP contribution in [0.25, 0.3) is 0 Å². The number of nitrogens with zero attached hydrogens (tertiary/aromatic N) is 5. The molecule has 1 saturated heterocycles. The van der Waals surface area contributed by atoms with Crippen molar-refractivity contribution in [3.05, 3.63) is 0 Å². The van der Waals surface area contributed by atoms with Crippen LogP contribution in [0.4, 0.5) is 0 Å². The van der Waals surface area contributed by atoms with Gasteiger partial charge in [-0.25, -0.2) is 4.68 Å². The van der Waals surface area contributed by atoms with Crippen LogP contribution < -0.4 is 5.32 Å². The standard InChI is InChI=1S/C13H22N6OS/c1-2-18-7-5-10(6-8-18)14-12(20)9-21-13-15-16-17-19(13)11-3-4-11/h10-11H,2-9H2,1H3,(H,14,20). The second-order valence-corrected chi connectivity index (χ2v) is 6.64. The Balaban J connectivity index is 1.41. The number of likely N-dealkylation sites (tertiary alicyclic amines) is 1. The van der Waals surface area contributed by atoms with Gasteiger partial charge in [-0.15, -0.1) is 5.10 Å². The highest BCUT2D eigenvalue weighted by Gasteiger charge is 2.28. The van der Waals surface area contributed by atoms with Crippen LogP contribution in [0.2, 0.25) is 0 Å². The van der Waals surface area contributed by atoms with Crippen molar-refractivity contribution in [3.63, 3.8) is 0 Å². The van der Waals surface area contributed by atoms with Gasteiger partial charge in [-0.05, 0) is 42.7 Å². The summed E-state index contributed by atoms with van der Waals surface area (Å²) in [7, 11) is 0. The first-order valence-corrected chi connectivity index (χ1v) is 8.67. The number of hydrogen-bond acceptors (Lipinski definition) is 6. The van der Waals surface area contributed by atoms with Crippen LogP contribution in [-0.2, 0) is 4.79 Å². The van der Waals surface area contributed by atoms with Gasteiger partial charge in [0.05, 0.1) is 11.8 Å². The number of aromatic nitrogens is 4. The minimum atomic E-state index is 0.0836. The summed E-state index contributed by atoms with van der Waals surface area (Å²) in [4.78, 5) is 14.4. The van der Waals surface area contributed by atoms with Crippen molar-refractivity contribution in [1.29, 1.82) is 0 Å². The Kier molecular flexibility index (Phi) is 4.74. The summed E-state index contributed by atoms with van der Waals surface area (Å²) in [6.07, 6.45) is 4.37. The molecular weight excluding hydrogens is 288 g/mol. The maximum absolute atomic E-state index is 12.0. The lowest BCUT2D eigenvalue weighted by Gasteiger charge is -2.31. The smallest absolute Gasteiger partial charge is 0.230 e. The zero-order valence-corrected chi connectivity index (χ0v) is 13.2. The molecule has 1 aliphatic carbocycles. The number of tetrazole rings is 1. The number of hydrogen-bond donors (Lipinski definition) is 1. The average molecular weight is 310 g/mol. The van der Waals surface area contributed by atoms with Crippen molar-refractivity contribution in [1.82, 2.24) is 30.4 Å². The summed E-state index contributed by atoms with van der Waals surface area (Å²) >= 11 is 1.43. The molecule has 0 aromatic carbocycles. The lowest BCUT2D eigenvalue weighted by atomic mass is 10.1.